The number of carbonyl (C=O) groups is 1. The molecule has 0 aromatic carbocycles. The zero-order valence-electron chi connectivity index (χ0n) is 9.46. The predicted molar refractivity (Wildman–Crippen MR) is 61.7 cm³/mol. The van der Waals surface area contributed by atoms with Crippen molar-refractivity contribution >= 4 is 16.3 Å². The summed E-state index contributed by atoms with van der Waals surface area (Å²) in [4.78, 5) is 11.0. The fourth-order valence-corrected chi connectivity index (χ4v) is 1.76. The van der Waals surface area contributed by atoms with Crippen LogP contribution in [0.15, 0.2) is 12.2 Å². The lowest BCUT2D eigenvalue weighted by Gasteiger charge is -2.28. The Balaban J connectivity index is 3.57. The molecule has 0 heterocycles. The maximum Gasteiger partial charge on any atom is 0.333 e. The van der Waals surface area contributed by atoms with Crippen LogP contribution >= 0.6 is 10.3 Å². The summed E-state index contributed by atoms with van der Waals surface area (Å²) in [5.41, 5.74) is 0.448. The van der Waals surface area contributed by atoms with Gasteiger partial charge in [0, 0.05) is 18.4 Å². The van der Waals surface area contributed by atoms with Crippen molar-refractivity contribution in [2.75, 3.05) is 32.0 Å². The summed E-state index contributed by atoms with van der Waals surface area (Å²) in [6.07, 6.45) is 5.02. The number of rotatable bonds is 6. The average molecular weight is 220 g/mol. The van der Waals surface area contributed by atoms with Crippen molar-refractivity contribution < 1.29 is 13.7 Å². The fourth-order valence-electron chi connectivity index (χ4n) is 0.778. The lowest BCUT2D eigenvalue weighted by atomic mass is 10.4. The Morgan fingerprint density at radius 2 is 2.00 bits per heavy atom. The van der Waals surface area contributed by atoms with Gasteiger partial charge >= 0.3 is 5.97 Å². The zero-order chi connectivity index (χ0) is 11.2. The molecule has 0 unspecified atom stereocenters. The van der Waals surface area contributed by atoms with Crippen molar-refractivity contribution in [3.05, 3.63) is 12.2 Å². The van der Waals surface area contributed by atoms with Crippen molar-refractivity contribution in [2.24, 2.45) is 0 Å². The van der Waals surface area contributed by atoms with Gasteiger partial charge in [0.25, 0.3) is 0 Å². The minimum atomic E-state index is -0.951. The van der Waals surface area contributed by atoms with E-state index in [4.69, 9.17) is 8.92 Å². The van der Waals surface area contributed by atoms with E-state index in [0.717, 1.165) is 12.2 Å². The third-order valence-electron chi connectivity index (χ3n) is 1.81. The summed E-state index contributed by atoms with van der Waals surface area (Å²) >= 11 is 0. The van der Waals surface area contributed by atoms with Gasteiger partial charge < -0.3 is 8.92 Å². The van der Waals surface area contributed by atoms with Gasteiger partial charge in [0.15, 0.2) is 0 Å². The molecule has 0 saturated heterocycles. The first kappa shape index (κ1) is 13.5. The third-order valence-corrected chi connectivity index (χ3v) is 3.99. The van der Waals surface area contributed by atoms with Gasteiger partial charge in [0.1, 0.15) is 0 Å². The molecule has 0 aliphatic rings. The van der Waals surface area contributed by atoms with Crippen molar-refractivity contribution in [3.63, 3.8) is 0 Å². The van der Waals surface area contributed by atoms with E-state index >= 15 is 0 Å². The average Bonchev–Trinajstić information content (AvgIpc) is 2.12. The summed E-state index contributed by atoms with van der Waals surface area (Å²) in [7, 11) is 0.766. The van der Waals surface area contributed by atoms with E-state index in [1.165, 1.54) is 0 Å². The van der Waals surface area contributed by atoms with Crippen LogP contribution in [0.3, 0.4) is 0 Å². The van der Waals surface area contributed by atoms with Crippen LogP contribution in [0.2, 0.25) is 0 Å². The van der Waals surface area contributed by atoms with E-state index in [9.17, 15) is 4.79 Å². The topological polar surface area (TPSA) is 35.5 Å². The number of esters is 1. The smallest absolute Gasteiger partial charge is 0.333 e. The van der Waals surface area contributed by atoms with Crippen molar-refractivity contribution in [2.45, 2.75) is 13.3 Å². The molecule has 14 heavy (non-hydrogen) atoms. The number of hydrogen-bond acceptors (Lipinski definition) is 3. The molecule has 0 saturated carbocycles. The van der Waals surface area contributed by atoms with Crippen molar-refractivity contribution in [1.29, 1.82) is 0 Å². The molecule has 3 nitrogen and oxygen atoms in total. The summed E-state index contributed by atoms with van der Waals surface area (Å²) in [5.74, 6) is 0.641. The van der Waals surface area contributed by atoms with E-state index in [-0.39, 0.29) is 5.97 Å². The Morgan fingerprint density at radius 3 is 2.43 bits per heavy atom. The molecular formula is C10H20O3S. The SMILES string of the molecule is C=C(C)C(=O)OCCCS(C)(C)OC. The van der Waals surface area contributed by atoms with Crippen LogP contribution in [0, 0.1) is 0 Å². The van der Waals surface area contributed by atoms with E-state index in [2.05, 4.69) is 19.1 Å². The Bertz CT molecular complexity index is 211. The first-order chi connectivity index (χ1) is 6.39. The molecule has 0 spiro atoms. The van der Waals surface area contributed by atoms with Gasteiger partial charge in [-0.2, -0.15) is 0 Å². The molecule has 84 valence electrons. The van der Waals surface area contributed by atoms with Crippen LogP contribution in [0.1, 0.15) is 13.3 Å². The number of hydrogen-bond donors (Lipinski definition) is 0. The summed E-state index contributed by atoms with van der Waals surface area (Å²) in [6.45, 7) is 5.60. The van der Waals surface area contributed by atoms with Gasteiger partial charge in [0.05, 0.1) is 6.61 Å². The second kappa shape index (κ2) is 6.09. The maximum absolute atomic E-state index is 11.0. The highest BCUT2D eigenvalue weighted by atomic mass is 32.3. The minimum absolute atomic E-state index is 0.310. The normalized spacial score (nSPS) is 12.3. The highest BCUT2D eigenvalue weighted by molar-refractivity contribution is 8.28. The van der Waals surface area contributed by atoms with E-state index in [1.807, 2.05) is 0 Å². The molecule has 0 rings (SSSR count). The standard InChI is InChI=1S/C10H20O3S/c1-9(2)10(11)13-7-6-8-14(4,5)12-3/h1,6-8H2,2-5H3. The molecule has 0 radical (unpaired) electrons. The third kappa shape index (κ3) is 6.05. The Morgan fingerprint density at radius 1 is 1.43 bits per heavy atom. The van der Waals surface area contributed by atoms with Gasteiger partial charge in [0.2, 0.25) is 0 Å². The van der Waals surface area contributed by atoms with Crippen molar-refractivity contribution in [3.8, 4) is 0 Å². The van der Waals surface area contributed by atoms with E-state index < -0.39 is 10.3 Å². The number of carbonyl (C=O) groups excluding carboxylic acids is 1. The van der Waals surface area contributed by atoms with Gasteiger partial charge in [-0.25, -0.2) is 4.79 Å². The highest BCUT2D eigenvalue weighted by Gasteiger charge is 2.10. The summed E-state index contributed by atoms with van der Waals surface area (Å²) in [5, 5.41) is 0. The largest absolute Gasteiger partial charge is 0.462 e. The predicted octanol–water partition coefficient (Wildman–Crippen LogP) is 2.12. The maximum atomic E-state index is 11.0. The second-order valence-electron chi connectivity index (χ2n) is 3.58. The van der Waals surface area contributed by atoms with Gasteiger partial charge in [-0.15, -0.1) is 10.3 Å². The molecule has 0 aromatic heterocycles. The second-order valence-corrected chi connectivity index (χ2v) is 7.19. The van der Waals surface area contributed by atoms with Crippen molar-refractivity contribution in [1.82, 2.24) is 0 Å². The summed E-state index contributed by atoms with van der Waals surface area (Å²) < 4.78 is 10.3. The van der Waals surface area contributed by atoms with Crippen LogP contribution in [-0.2, 0) is 13.7 Å². The Kier molecular flexibility index (Phi) is 5.88. The molecule has 0 bridgehead atoms. The molecule has 0 N–H and O–H groups in total. The lowest BCUT2D eigenvalue weighted by molar-refractivity contribution is -0.138. The quantitative estimate of drug-likeness (QED) is 0.391. The minimum Gasteiger partial charge on any atom is -0.462 e. The van der Waals surface area contributed by atoms with E-state index in [1.54, 1.807) is 14.0 Å². The van der Waals surface area contributed by atoms with Crippen LogP contribution in [0.25, 0.3) is 0 Å². The molecule has 0 aromatic rings. The monoisotopic (exact) mass is 220 g/mol. The van der Waals surface area contributed by atoms with Crippen LogP contribution in [0.5, 0.6) is 0 Å². The first-order valence-electron chi connectivity index (χ1n) is 4.48. The molecule has 0 fully saturated rings. The molecule has 4 heteroatoms. The lowest BCUT2D eigenvalue weighted by Crippen LogP contribution is -2.10. The van der Waals surface area contributed by atoms with Crippen LogP contribution in [-0.4, -0.2) is 38.0 Å². The van der Waals surface area contributed by atoms with Gasteiger partial charge in [-0.3, -0.25) is 0 Å². The number of ether oxygens (including phenoxy) is 1. The zero-order valence-corrected chi connectivity index (χ0v) is 10.3. The molecule has 0 aliphatic heterocycles. The van der Waals surface area contributed by atoms with Gasteiger partial charge in [-0.1, -0.05) is 6.58 Å². The Hall–Kier alpha value is -0.480. The molecule has 0 atom stereocenters. The molecule has 0 amide bonds. The van der Waals surface area contributed by atoms with Crippen LogP contribution < -0.4 is 0 Å². The highest BCUT2D eigenvalue weighted by Crippen LogP contribution is 2.40. The fraction of sp³-hybridized carbons (Fsp3) is 0.700. The Labute approximate surface area is 88.0 Å². The van der Waals surface area contributed by atoms with Gasteiger partial charge in [-0.05, 0) is 25.9 Å². The van der Waals surface area contributed by atoms with Crippen LogP contribution in [0.4, 0.5) is 0 Å². The summed E-state index contributed by atoms with van der Waals surface area (Å²) in [6, 6.07) is 0. The van der Waals surface area contributed by atoms with E-state index in [0.29, 0.717) is 12.2 Å². The molecular weight excluding hydrogens is 200 g/mol. The first-order valence-corrected chi connectivity index (χ1v) is 7.02. The molecule has 0 aliphatic carbocycles.